The van der Waals surface area contributed by atoms with Crippen LogP contribution in [0.2, 0.25) is 0 Å². The molecule has 40 heavy (non-hydrogen) atoms. The van der Waals surface area contributed by atoms with E-state index in [0.717, 1.165) is 34.6 Å². The number of hydrogen-bond donors (Lipinski definition) is 0. The summed E-state index contributed by atoms with van der Waals surface area (Å²) in [6.07, 6.45) is 3.47. The number of piperazine rings is 1. The van der Waals surface area contributed by atoms with Crippen molar-refractivity contribution in [1.29, 1.82) is 0 Å². The Morgan fingerprint density at radius 1 is 1.18 bits per heavy atom. The van der Waals surface area contributed by atoms with Gasteiger partial charge in [0, 0.05) is 63.1 Å². The zero-order valence-corrected chi connectivity index (χ0v) is 23.0. The molecule has 2 saturated heterocycles. The van der Waals surface area contributed by atoms with Gasteiger partial charge in [0.2, 0.25) is 5.91 Å². The molecule has 2 atom stereocenters. The number of amides is 1. The normalized spacial score (nSPS) is 24.4. The van der Waals surface area contributed by atoms with Crippen LogP contribution < -0.4 is 14.5 Å². The van der Waals surface area contributed by atoms with E-state index in [1.807, 2.05) is 24.3 Å². The van der Waals surface area contributed by atoms with Gasteiger partial charge in [-0.2, -0.15) is 9.97 Å². The molecule has 0 bridgehead atoms. The first-order valence-electron chi connectivity index (χ1n) is 17.1. The van der Waals surface area contributed by atoms with Crippen LogP contribution in [-0.4, -0.2) is 84.1 Å². The maximum Gasteiger partial charge on any atom is 0.318 e. The van der Waals surface area contributed by atoms with Crippen molar-refractivity contribution in [3.8, 4) is 6.01 Å². The lowest BCUT2D eigenvalue weighted by molar-refractivity contribution is -0.126. The van der Waals surface area contributed by atoms with E-state index in [4.69, 9.17) is 22.9 Å². The van der Waals surface area contributed by atoms with Crippen molar-refractivity contribution < 1.29 is 17.8 Å². The highest BCUT2D eigenvalue weighted by Crippen LogP contribution is 2.36. The lowest BCUT2D eigenvalue weighted by Crippen LogP contribution is -2.54. The van der Waals surface area contributed by atoms with Crippen molar-refractivity contribution in [1.82, 2.24) is 19.8 Å². The number of ether oxygens (including phenoxy) is 1. The number of aromatic nitrogens is 2. The van der Waals surface area contributed by atoms with Gasteiger partial charge in [-0.05, 0) is 69.7 Å². The number of likely N-dealkylation sites (tertiary alicyclic amines) is 1. The average Bonchev–Trinajstić information content (AvgIpc) is 3.51. The predicted octanol–water partition coefficient (Wildman–Crippen LogP) is 4.20. The number of hydrogen-bond acceptors (Lipinski definition) is 7. The summed E-state index contributed by atoms with van der Waals surface area (Å²) in [5.41, 5.74) is 2.93. The first-order chi connectivity index (χ1) is 21.8. The first-order valence-corrected chi connectivity index (χ1v) is 14.1. The zero-order valence-electron chi connectivity index (χ0n) is 29.0. The van der Waals surface area contributed by atoms with Gasteiger partial charge in [0.1, 0.15) is 12.4 Å². The first kappa shape index (κ1) is 20.3. The molecule has 0 saturated carbocycles. The van der Waals surface area contributed by atoms with Crippen molar-refractivity contribution in [2.45, 2.75) is 51.7 Å². The van der Waals surface area contributed by atoms with Crippen molar-refractivity contribution in [3.63, 3.8) is 0 Å². The van der Waals surface area contributed by atoms with Gasteiger partial charge in [0.15, 0.2) is 0 Å². The van der Waals surface area contributed by atoms with E-state index in [2.05, 4.69) is 23.3 Å². The Morgan fingerprint density at radius 2 is 2.05 bits per heavy atom. The van der Waals surface area contributed by atoms with E-state index in [1.54, 1.807) is 17.0 Å². The van der Waals surface area contributed by atoms with Gasteiger partial charge in [-0.3, -0.25) is 4.79 Å². The SMILES string of the molecule is [2H]C([2H])([2H])c1cccc2cccc(N3CCc4c(nc(OC[C@@H]5CCCN5C([2H])([2H])[2H])nc4N4CCN(C(=O)C=C)C[C@@H]4C)C3)c12. The number of benzene rings is 2. The summed E-state index contributed by atoms with van der Waals surface area (Å²) in [6, 6.07) is 11.1. The molecule has 6 rings (SSSR count). The molecule has 0 N–H and O–H groups in total. The fourth-order valence-electron chi connectivity index (χ4n) is 6.26. The van der Waals surface area contributed by atoms with Gasteiger partial charge >= 0.3 is 6.01 Å². The smallest absolute Gasteiger partial charge is 0.318 e. The molecule has 3 aliphatic heterocycles. The minimum atomic E-state index is -2.27. The molecule has 0 unspecified atom stereocenters. The largest absolute Gasteiger partial charge is 0.462 e. The zero-order chi connectivity index (χ0) is 32.8. The van der Waals surface area contributed by atoms with E-state index in [-0.39, 0.29) is 30.6 Å². The summed E-state index contributed by atoms with van der Waals surface area (Å²) < 4.78 is 54.6. The fourth-order valence-corrected chi connectivity index (χ4v) is 6.26. The van der Waals surface area contributed by atoms with Crippen LogP contribution in [0.25, 0.3) is 10.8 Å². The van der Waals surface area contributed by atoms with Gasteiger partial charge in [0.05, 0.1) is 12.2 Å². The maximum absolute atomic E-state index is 12.4. The van der Waals surface area contributed by atoms with E-state index in [1.165, 1.54) is 11.0 Å². The Morgan fingerprint density at radius 3 is 2.85 bits per heavy atom. The van der Waals surface area contributed by atoms with Crippen LogP contribution in [0, 0.1) is 6.85 Å². The lowest BCUT2D eigenvalue weighted by Gasteiger charge is -2.42. The van der Waals surface area contributed by atoms with Crippen molar-refractivity contribution in [2.24, 2.45) is 0 Å². The van der Waals surface area contributed by atoms with E-state index in [0.29, 0.717) is 63.1 Å². The molecule has 0 spiro atoms. The average molecular weight is 547 g/mol. The third kappa shape index (κ3) is 5.01. The molecule has 0 radical (unpaired) electrons. The predicted molar refractivity (Wildman–Crippen MR) is 160 cm³/mol. The number of fused-ring (bicyclic) bond motifs is 2. The van der Waals surface area contributed by atoms with Crippen LogP contribution in [0.3, 0.4) is 0 Å². The fraction of sp³-hybridized carbons (Fsp3) is 0.469. The highest BCUT2D eigenvalue weighted by atomic mass is 16.5. The Bertz CT molecular complexity index is 1620. The monoisotopic (exact) mass is 546 g/mol. The van der Waals surface area contributed by atoms with E-state index < -0.39 is 13.8 Å². The van der Waals surface area contributed by atoms with Crippen LogP contribution in [0.1, 0.15) is 44.8 Å². The molecular weight excluding hydrogens is 500 g/mol. The molecule has 210 valence electrons. The van der Waals surface area contributed by atoms with Crippen LogP contribution >= 0.6 is 0 Å². The highest BCUT2D eigenvalue weighted by Gasteiger charge is 2.32. The van der Waals surface area contributed by atoms with Gasteiger partial charge in [0.25, 0.3) is 0 Å². The molecule has 2 fully saturated rings. The van der Waals surface area contributed by atoms with Gasteiger partial charge in [-0.25, -0.2) is 0 Å². The number of anilines is 2. The van der Waals surface area contributed by atoms with E-state index in [9.17, 15) is 4.79 Å². The number of carbonyl (C=O) groups is 1. The Labute approximate surface area is 245 Å². The summed E-state index contributed by atoms with van der Waals surface area (Å²) in [4.78, 5) is 29.8. The molecule has 1 aromatic heterocycles. The van der Waals surface area contributed by atoms with Gasteiger partial charge in [-0.1, -0.05) is 36.9 Å². The number of likely N-dealkylation sites (N-methyl/N-ethyl adjacent to an activating group) is 1. The maximum atomic E-state index is 12.4. The van der Waals surface area contributed by atoms with Gasteiger partial charge < -0.3 is 24.3 Å². The number of carbonyl (C=O) groups excluding carboxylic acids is 1. The molecule has 8 heteroatoms. The highest BCUT2D eigenvalue weighted by molar-refractivity contribution is 5.97. The Balaban J connectivity index is 1.35. The molecule has 8 nitrogen and oxygen atoms in total. The van der Waals surface area contributed by atoms with Crippen molar-refractivity contribution in [3.05, 3.63) is 65.9 Å². The molecule has 3 aromatic rings. The third-order valence-corrected chi connectivity index (χ3v) is 8.41. The topological polar surface area (TPSA) is 65.0 Å². The second-order valence-electron chi connectivity index (χ2n) is 10.9. The van der Waals surface area contributed by atoms with Crippen LogP contribution in [0.5, 0.6) is 6.01 Å². The second kappa shape index (κ2) is 11.1. The minimum absolute atomic E-state index is 0.0247. The summed E-state index contributed by atoms with van der Waals surface area (Å²) in [5, 5.41) is 1.57. The standard InChI is InChI=1S/C32H40N6O2/c1-5-29(39)37-17-18-38(23(3)19-37)31-26-14-16-36(28-13-7-11-24-10-6-9-22(2)30(24)28)20-27(26)33-32(34-31)40-21-25-12-8-15-35(25)4/h5-7,9-11,13,23,25H,1,8,12,14-21H2,2-4H3/t23-,25-/m0/s1/i2D3,4D3. The molecular formula is C32H40N6O2. The van der Waals surface area contributed by atoms with Gasteiger partial charge in [-0.15, -0.1) is 0 Å². The Hall–Kier alpha value is -3.65. The third-order valence-electron chi connectivity index (χ3n) is 8.41. The summed E-state index contributed by atoms with van der Waals surface area (Å²) in [5.74, 6) is 0.663. The van der Waals surface area contributed by atoms with Crippen molar-refractivity contribution >= 4 is 28.2 Å². The number of aryl methyl sites for hydroxylation is 1. The van der Waals surface area contributed by atoms with Crippen LogP contribution in [0.4, 0.5) is 11.5 Å². The molecule has 3 aliphatic rings. The van der Waals surface area contributed by atoms with Crippen LogP contribution in [0.15, 0.2) is 49.1 Å². The second-order valence-corrected chi connectivity index (χ2v) is 10.9. The van der Waals surface area contributed by atoms with Crippen LogP contribution in [-0.2, 0) is 17.8 Å². The molecule has 4 heterocycles. The number of rotatable bonds is 6. The Kier molecular flexibility index (Phi) is 5.61. The van der Waals surface area contributed by atoms with Crippen molar-refractivity contribution in [2.75, 3.05) is 56.1 Å². The summed E-state index contributed by atoms with van der Waals surface area (Å²) in [6.45, 7) is 4.56. The van der Waals surface area contributed by atoms with E-state index >= 15 is 0 Å². The summed E-state index contributed by atoms with van der Waals surface area (Å²) in [7, 11) is 0. The molecule has 1 amide bonds. The summed E-state index contributed by atoms with van der Waals surface area (Å²) >= 11 is 0. The molecule has 2 aromatic carbocycles. The quantitative estimate of drug-likeness (QED) is 0.430. The minimum Gasteiger partial charge on any atom is -0.462 e. The lowest BCUT2D eigenvalue weighted by atomic mass is 9.99. The molecule has 0 aliphatic carbocycles. The number of nitrogens with zero attached hydrogens (tertiary/aromatic N) is 6.